The van der Waals surface area contributed by atoms with Gasteiger partial charge in [0.05, 0.1) is 5.54 Å². The van der Waals surface area contributed by atoms with Crippen molar-refractivity contribution in [3.05, 3.63) is 0 Å². The third-order valence-electron chi connectivity index (χ3n) is 5.06. The molecular formula is C18H35NO. The smallest absolute Gasteiger partial charge is 0.153 e. The summed E-state index contributed by atoms with van der Waals surface area (Å²) in [5, 5.41) is 0. The number of hydrogen-bond acceptors (Lipinski definition) is 2. The third kappa shape index (κ3) is 5.20. The fraction of sp³-hybridized carbons (Fsp3) is 0.944. The zero-order chi connectivity index (χ0) is 14.8. The maximum Gasteiger partial charge on any atom is 0.153 e. The Bertz CT molecular complexity index is 267. The van der Waals surface area contributed by atoms with E-state index in [9.17, 15) is 4.79 Å². The minimum absolute atomic E-state index is 0.110. The van der Waals surface area contributed by atoms with Crippen LogP contribution in [0.25, 0.3) is 0 Å². The average molecular weight is 281 g/mol. The van der Waals surface area contributed by atoms with E-state index in [2.05, 4.69) is 25.9 Å². The molecule has 0 N–H and O–H groups in total. The van der Waals surface area contributed by atoms with E-state index in [-0.39, 0.29) is 5.54 Å². The molecule has 2 heteroatoms. The van der Waals surface area contributed by atoms with Gasteiger partial charge in [-0.3, -0.25) is 9.69 Å². The van der Waals surface area contributed by atoms with Crippen molar-refractivity contribution in [2.45, 2.75) is 95.9 Å². The van der Waals surface area contributed by atoms with Crippen LogP contribution in [-0.4, -0.2) is 30.3 Å². The lowest BCUT2D eigenvalue weighted by atomic mass is 9.87. The first-order valence-electron chi connectivity index (χ1n) is 8.84. The van der Waals surface area contributed by atoms with Crippen LogP contribution < -0.4 is 0 Å². The Labute approximate surface area is 126 Å². The number of hydrogen-bond donors (Lipinski definition) is 0. The SMILES string of the molecule is CCCCCCCCCCC(=O)C1(N(C)C)CCCC1. The van der Waals surface area contributed by atoms with Crippen LogP contribution in [0.5, 0.6) is 0 Å². The lowest BCUT2D eigenvalue weighted by Gasteiger charge is -2.34. The first kappa shape index (κ1) is 17.7. The second-order valence-electron chi connectivity index (χ2n) is 6.78. The molecule has 0 radical (unpaired) electrons. The zero-order valence-corrected chi connectivity index (χ0v) is 14.0. The maximum atomic E-state index is 12.5. The largest absolute Gasteiger partial charge is 0.298 e. The summed E-state index contributed by atoms with van der Waals surface area (Å²) in [5.74, 6) is 0.506. The molecule has 20 heavy (non-hydrogen) atoms. The van der Waals surface area contributed by atoms with E-state index in [0.29, 0.717) is 5.78 Å². The minimum atomic E-state index is -0.110. The summed E-state index contributed by atoms with van der Waals surface area (Å²) in [4.78, 5) is 14.7. The normalized spacial score (nSPS) is 17.8. The number of Topliss-reactive ketones (excluding diaryl/α,β-unsaturated/α-hetero) is 1. The van der Waals surface area contributed by atoms with Gasteiger partial charge in [-0.1, -0.05) is 64.7 Å². The van der Waals surface area contributed by atoms with Crippen molar-refractivity contribution in [3.8, 4) is 0 Å². The van der Waals surface area contributed by atoms with E-state index in [1.165, 1.54) is 57.8 Å². The van der Waals surface area contributed by atoms with E-state index < -0.39 is 0 Å². The molecule has 2 nitrogen and oxygen atoms in total. The predicted octanol–water partition coefficient (Wildman–Crippen LogP) is 4.96. The predicted molar refractivity (Wildman–Crippen MR) is 87.1 cm³/mol. The zero-order valence-electron chi connectivity index (χ0n) is 14.0. The molecule has 1 rings (SSSR count). The summed E-state index contributed by atoms with van der Waals surface area (Å²) in [6.07, 6.45) is 15.9. The van der Waals surface area contributed by atoms with Gasteiger partial charge in [-0.25, -0.2) is 0 Å². The van der Waals surface area contributed by atoms with E-state index in [4.69, 9.17) is 0 Å². The van der Waals surface area contributed by atoms with E-state index in [0.717, 1.165) is 25.7 Å². The van der Waals surface area contributed by atoms with Crippen LogP contribution in [0.1, 0.15) is 90.4 Å². The fourth-order valence-electron chi connectivity index (χ4n) is 3.59. The van der Waals surface area contributed by atoms with Crippen LogP contribution >= 0.6 is 0 Å². The number of rotatable bonds is 11. The highest BCUT2D eigenvalue weighted by Gasteiger charge is 2.41. The average Bonchev–Trinajstić information content (AvgIpc) is 2.92. The van der Waals surface area contributed by atoms with Crippen LogP contribution in [0.2, 0.25) is 0 Å². The van der Waals surface area contributed by atoms with Crippen molar-refractivity contribution < 1.29 is 4.79 Å². The quantitative estimate of drug-likeness (QED) is 0.499. The molecule has 0 heterocycles. The molecule has 0 unspecified atom stereocenters. The molecule has 0 saturated heterocycles. The summed E-state index contributed by atoms with van der Waals surface area (Å²) in [6.45, 7) is 2.26. The molecule has 0 aromatic heterocycles. The van der Waals surface area contributed by atoms with Crippen molar-refractivity contribution in [3.63, 3.8) is 0 Å². The van der Waals surface area contributed by atoms with Gasteiger partial charge in [-0.05, 0) is 33.4 Å². The standard InChI is InChI=1S/C18H35NO/c1-4-5-6-7-8-9-10-11-14-17(20)18(19(2)3)15-12-13-16-18/h4-16H2,1-3H3. The Morgan fingerprint density at radius 1 is 0.900 bits per heavy atom. The lowest BCUT2D eigenvalue weighted by Crippen LogP contribution is -2.48. The molecule has 1 aliphatic rings. The topological polar surface area (TPSA) is 20.3 Å². The fourth-order valence-corrected chi connectivity index (χ4v) is 3.59. The molecule has 118 valence electrons. The summed E-state index contributed by atoms with van der Waals surface area (Å²) < 4.78 is 0. The number of carbonyl (C=O) groups is 1. The minimum Gasteiger partial charge on any atom is -0.298 e. The van der Waals surface area contributed by atoms with Crippen LogP contribution in [0.15, 0.2) is 0 Å². The summed E-state index contributed by atoms with van der Waals surface area (Å²) in [7, 11) is 4.16. The van der Waals surface area contributed by atoms with Gasteiger partial charge in [0.15, 0.2) is 5.78 Å². The molecule has 1 saturated carbocycles. The van der Waals surface area contributed by atoms with Gasteiger partial charge in [0, 0.05) is 6.42 Å². The Hall–Kier alpha value is -0.370. The third-order valence-corrected chi connectivity index (χ3v) is 5.06. The number of unbranched alkanes of at least 4 members (excludes halogenated alkanes) is 7. The number of ketones is 1. The summed E-state index contributed by atoms with van der Waals surface area (Å²) in [5.41, 5.74) is -0.110. The van der Waals surface area contributed by atoms with Crippen molar-refractivity contribution in [1.29, 1.82) is 0 Å². The second kappa shape index (κ2) is 9.55. The van der Waals surface area contributed by atoms with Crippen molar-refractivity contribution >= 4 is 5.78 Å². The molecule has 0 spiro atoms. The number of likely N-dealkylation sites (N-methyl/N-ethyl adjacent to an activating group) is 1. The Morgan fingerprint density at radius 2 is 1.40 bits per heavy atom. The molecule has 1 fully saturated rings. The van der Waals surface area contributed by atoms with Gasteiger partial charge in [-0.2, -0.15) is 0 Å². The number of nitrogens with zero attached hydrogens (tertiary/aromatic N) is 1. The highest BCUT2D eigenvalue weighted by atomic mass is 16.1. The summed E-state index contributed by atoms with van der Waals surface area (Å²) in [6, 6.07) is 0. The molecule has 0 atom stereocenters. The Kier molecular flexibility index (Phi) is 8.44. The molecule has 0 aromatic carbocycles. The molecule has 0 aliphatic heterocycles. The number of carbonyl (C=O) groups excluding carboxylic acids is 1. The van der Waals surface area contributed by atoms with Crippen molar-refractivity contribution in [2.75, 3.05) is 14.1 Å². The van der Waals surface area contributed by atoms with Gasteiger partial charge >= 0.3 is 0 Å². The molecule has 0 aromatic rings. The van der Waals surface area contributed by atoms with Gasteiger partial charge in [0.1, 0.15) is 0 Å². The van der Waals surface area contributed by atoms with Crippen molar-refractivity contribution in [2.24, 2.45) is 0 Å². The first-order chi connectivity index (χ1) is 9.63. The van der Waals surface area contributed by atoms with Crippen LogP contribution in [-0.2, 0) is 4.79 Å². The van der Waals surface area contributed by atoms with Crippen molar-refractivity contribution in [1.82, 2.24) is 4.90 Å². The Balaban J connectivity index is 2.13. The summed E-state index contributed by atoms with van der Waals surface area (Å²) >= 11 is 0. The van der Waals surface area contributed by atoms with E-state index in [1.807, 2.05) is 0 Å². The highest BCUT2D eigenvalue weighted by molar-refractivity contribution is 5.88. The van der Waals surface area contributed by atoms with Gasteiger partial charge < -0.3 is 0 Å². The van der Waals surface area contributed by atoms with E-state index >= 15 is 0 Å². The molecule has 0 amide bonds. The van der Waals surface area contributed by atoms with E-state index in [1.54, 1.807) is 0 Å². The second-order valence-corrected chi connectivity index (χ2v) is 6.78. The van der Waals surface area contributed by atoms with Crippen LogP contribution in [0, 0.1) is 0 Å². The van der Waals surface area contributed by atoms with Crippen LogP contribution in [0.3, 0.4) is 0 Å². The molecular weight excluding hydrogens is 246 g/mol. The monoisotopic (exact) mass is 281 g/mol. The molecule has 0 bridgehead atoms. The highest BCUT2D eigenvalue weighted by Crippen LogP contribution is 2.35. The first-order valence-corrected chi connectivity index (χ1v) is 8.84. The molecule has 1 aliphatic carbocycles. The maximum absolute atomic E-state index is 12.5. The van der Waals surface area contributed by atoms with Gasteiger partial charge in [0.2, 0.25) is 0 Å². The van der Waals surface area contributed by atoms with Gasteiger partial charge in [0.25, 0.3) is 0 Å². The van der Waals surface area contributed by atoms with Gasteiger partial charge in [-0.15, -0.1) is 0 Å². The van der Waals surface area contributed by atoms with Crippen LogP contribution in [0.4, 0.5) is 0 Å². The Morgan fingerprint density at radius 3 is 1.90 bits per heavy atom. The lowest BCUT2D eigenvalue weighted by molar-refractivity contribution is -0.129.